The molecule has 0 aromatic heterocycles. The van der Waals surface area contributed by atoms with E-state index >= 15 is 0 Å². The molecule has 0 aliphatic rings. The largest absolute Gasteiger partial charge is 0.545 e. The molecule has 0 saturated heterocycles. The first kappa shape index (κ1) is 14.6. The number of carboxylic acids is 1. The molecule has 0 saturated carbocycles. The van der Waals surface area contributed by atoms with E-state index in [0.29, 0.717) is 10.6 Å². The van der Waals surface area contributed by atoms with Gasteiger partial charge in [-0.2, -0.15) is 0 Å². The van der Waals surface area contributed by atoms with Gasteiger partial charge in [0.15, 0.2) is 0 Å². The predicted octanol–water partition coefficient (Wildman–Crippen LogP) is 2.72. The highest BCUT2D eigenvalue weighted by Gasteiger charge is 2.10. The van der Waals surface area contributed by atoms with Gasteiger partial charge >= 0.3 is 0 Å². The fraction of sp³-hybridized carbons (Fsp3) is 0. The molecule has 1 amide bonds. The van der Waals surface area contributed by atoms with E-state index in [-0.39, 0.29) is 11.3 Å². The molecule has 0 aliphatic carbocycles. The van der Waals surface area contributed by atoms with Gasteiger partial charge in [0, 0.05) is 20.6 Å². The van der Waals surface area contributed by atoms with Crippen LogP contribution in [0.5, 0.6) is 0 Å². The third-order valence-corrected chi connectivity index (χ3v) is 3.32. The molecule has 2 rings (SSSR count). The number of benzene rings is 2. The summed E-state index contributed by atoms with van der Waals surface area (Å²) in [5.41, 5.74) is 0.378. The number of carbonyl (C=O) groups is 2. The molecular weight excluding hydrogens is 346 g/mol. The molecule has 102 valence electrons. The molecule has 0 heterocycles. The molecular formula is C14H8BrClNO3-. The quantitative estimate of drug-likeness (QED) is 0.922. The number of carbonyl (C=O) groups excluding carboxylic acids is 2. The van der Waals surface area contributed by atoms with Crippen molar-refractivity contribution in [3.8, 4) is 0 Å². The Morgan fingerprint density at radius 1 is 1.10 bits per heavy atom. The van der Waals surface area contributed by atoms with Gasteiger partial charge in [0.25, 0.3) is 5.91 Å². The minimum Gasteiger partial charge on any atom is -0.545 e. The van der Waals surface area contributed by atoms with Crippen LogP contribution < -0.4 is 10.4 Å². The van der Waals surface area contributed by atoms with Gasteiger partial charge in [-0.05, 0) is 42.5 Å². The topological polar surface area (TPSA) is 69.2 Å². The number of halogens is 2. The predicted molar refractivity (Wildman–Crippen MR) is 77.9 cm³/mol. The minimum absolute atomic E-state index is 0.102. The number of nitrogens with one attached hydrogen (secondary N) is 1. The van der Waals surface area contributed by atoms with E-state index < -0.39 is 11.9 Å². The lowest BCUT2D eigenvalue weighted by Gasteiger charge is -2.12. The molecule has 6 heteroatoms. The third kappa shape index (κ3) is 3.37. The van der Waals surface area contributed by atoms with Crippen molar-refractivity contribution < 1.29 is 14.7 Å². The monoisotopic (exact) mass is 352 g/mol. The van der Waals surface area contributed by atoms with Crippen LogP contribution in [0, 0.1) is 0 Å². The summed E-state index contributed by atoms with van der Waals surface area (Å²) in [5.74, 6) is -1.81. The van der Waals surface area contributed by atoms with E-state index in [1.165, 1.54) is 18.2 Å². The minimum atomic E-state index is -1.38. The van der Waals surface area contributed by atoms with Crippen LogP contribution in [-0.4, -0.2) is 11.9 Å². The first-order chi connectivity index (χ1) is 9.47. The zero-order chi connectivity index (χ0) is 14.7. The molecule has 4 nitrogen and oxygen atoms in total. The van der Waals surface area contributed by atoms with Crippen LogP contribution in [-0.2, 0) is 0 Å². The van der Waals surface area contributed by atoms with Crippen molar-refractivity contribution in [1.29, 1.82) is 0 Å². The molecule has 0 atom stereocenters. The number of aromatic carboxylic acids is 1. The van der Waals surface area contributed by atoms with Gasteiger partial charge < -0.3 is 15.2 Å². The molecule has 2 aromatic rings. The van der Waals surface area contributed by atoms with Crippen LogP contribution >= 0.6 is 27.5 Å². The molecule has 1 N–H and O–H groups in total. The van der Waals surface area contributed by atoms with Crippen molar-refractivity contribution in [2.24, 2.45) is 0 Å². The van der Waals surface area contributed by atoms with E-state index in [9.17, 15) is 14.7 Å². The Morgan fingerprint density at radius 3 is 2.35 bits per heavy atom. The van der Waals surface area contributed by atoms with Gasteiger partial charge in [-0.15, -0.1) is 0 Å². The molecule has 0 spiro atoms. The molecule has 0 bridgehead atoms. The SMILES string of the molecule is O=C(Nc1cc(Cl)ccc1C(=O)[O-])c1ccc(Br)cc1. The van der Waals surface area contributed by atoms with Crippen molar-refractivity contribution in [3.63, 3.8) is 0 Å². The number of rotatable bonds is 3. The summed E-state index contributed by atoms with van der Waals surface area (Å²) in [6, 6.07) is 10.7. The lowest BCUT2D eigenvalue weighted by atomic mass is 10.1. The lowest BCUT2D eigenvalue weighted by molar-refractivity contribution is -0.254. The van der Waals surface area contributed by atoms with Crippen LogP contribution in [0.4, 0.5) is 5.69 Å². The van der Waals surface area contributed by atoms with Crippen LogP contribution in [0.2, 0.25) is 5.02 Å². The summed E-state index contributed by atoms with van der Waals surface area (Å²) >= 11 is 9.07. The summed E-state index contributed by atoms with van der Waals surface area (Å²) in [6.45, 7) is 0. The standard InChI is InChI=1S/C14H9BrClNO3/c15-9-3-1-8(2-4-9)13(18)17-12-7-10(16)5-6-11(12)14(19)20/h1-7H,(H,17,18)(H,19,20)/p-1. The Balaban J connectivity index is 2.29. The number of hydrogen-bond donors (Lipinski definition) is 1. The second-order valence-corrected chi connectivity index (χ2v) is 5.29. The number of hydrogen-bond acceptors (Lipinski definition) is 3. The second kappa shape index (κ2) is 6.07. The lowest BCUT2D eigenvalue weighted by Crippen LogP contribution is -2.24. The average molecular weight is 354 g/mol. The molecule has 2 aromatic carbocycles. The average Bonchev–Trinajstić information content (AvgIpc) is 2.39. The smallest absolute Gasteiger partial charge is 0.255 e. The maximum Gasteiger partial charge on any atom is 0.255 e. The second-order valence-electron chi connectivity index (χ2n) is 3.94. The van der Waals surface area contributed by atoms with Gasteiger partial charge in [0.2, 0.25) is 0 Å². The van der Waals surface area contributed by atoms with E-state index in [1.807, 2.05) is 0 Å². The Hall–Kier alpha value is -1.85. The number of carboxylic acid groups (broad SMARTS) is 1. The highest BCUT2D eigenvalue weighted by Crippen LogP contribution is 2.21. The molecule has 0 radical (unpaired) electrons. The first-order valence-electron chi connectivity index (χ1n) is 5.55. The van der Waals surface area contributed by atoms with Gasteiger partial charge in [-0.1, -0.05) is 27.5 Å². The Labute approximate surface area is 128 Å². The van der Waals surface area contributed by atoms with E-state index in [4.69, 9.17) is 11.6 Å². The number of amides is 1. The van der Waals surface area contributed by atoms with Crippen LogP contribution in [0.15, 0.2) is 46.9 Å². The summed E-state index contributed by atoms with van der Waals surface area (Å²) in [4.78, 5) is 23.0. The highest BCUT2D eigenvalue weighted by atomic mass is 79.9. The summed E-state index contributed by atoms with van der Waals surface area (Å²) in [7, 11) is 0. The van der Waals surface area contributed by atoms with Crippen molar-refractivity contribution in [2.45, 2.75) is 0 Å². The van der Waals surface area contributed by atoms with Crippen LogP contribution in [0.25, 0.3) is 0 Å². The van der Waals surface area contributed by atoms with Crippen molar-refractivity contribution >= 4 is 45.1 Å². The summed E-state index contributed by atoms with van der Waals surface area (Å²) in [5, 5.41) is 13.8. The zero-order valence-corrected chi connectivity index (χ0v) is 12.4. The summed E-state index contributed by atoms with van der Waals surface area (Å²) < 4.78 is 0.840. The maximum absolute atomic E-state index is 12.0. The third-order valence-electron chi connectivity index (χ3n) is 2.56. The van der Waals surface area contributed by atoms with Crippen molar-refractivity contribution in [3.05, 3.63) is 63.1 Å². The molecule has 0 aliphatic heterocycles. The molecule has 0 unspecified atom stereocenters. The zero-order valence-electron chi connectivity index (χ0n) is 10.0. The molecule has 0 fully saturated rings. The van der Waals surface area contributed by atoms with Gasteiger partial charge in [-0.25, -0.2) is 0 Å². The highest BCUT2D eigenvalue weighted by molar-refractivity contribution is 9.10. The van der Waals surface area contributed by atoms with Crippen molar-refractivity contribution in [1.82, 2.24) is 0 Å². The Kier molecular flexibility index (Phi) is 4.42. The van der Waals surface area contributed by atoms with Crippen LogP contribution in [0.3, 0.4) is 0 Å². The van der Waals surface area contributed by atoms with E-state index in [2.05, 4.69) is 21.2 Å². The van der Waals surface area contributed by atoms with Gasteiger partial charge in [-0.3, -0.25) is 4.79 Å². The van der Waals surface area contributed by atoms with Gasteiger partial charge in [0.05, 0.1) is 11.7 Å². The normalized spacial score (nSPS) is 10.1. The van der Waals surface area contributed by atoms with Crippen LogP contribution in [0.1, 0.15) is 20.7 Å². The number of anilines is 1. The van der Waals surface area contributed by atoms with Crippen molar-refractivity contribution in [2.75, 3.05) is 5.32 Å². The fourth-order valence-electron chi connectivity index (χ4n) is 1.59. The van der Waals surface area contributed by atoms with E-state index in [1.54, 1.807) is 24.3 Å². The van der Waals surface area contributed by atoms with E-state index in [0.717, 1.165) is 4.47 Å². The van der Waals surface area contributed by atoms with Gasteiger partial charge in [0.1, 0.15) is 0 Å². The maximum atomic E-state index is 12.0. The first-order valence-corrected chi connectivity index (χ1v) is 6.72. The fourth-order valence-corrected chi connectivity index (χ4v) is 2.03. The Bertz CT molecular complexity index is 671. The summed E-state index contributed by atoms with van der Waals surface area (Å²) in [6.07, 6.45) is 0. The Morgan fingerprint density at radius 2 is 1.75 bits per heavy atom. The molecule has 20 heavy (non-hydrogen) atoms.